The van der Waals surface area contributed by atoms with Crippen molar-refractivity contribution >= 4 is 35.0 Å². The smallest absolute Gasteiger partial charge is 0.315 e. The van der Waals surface area contributed by atoms with Crippen LogP contribution in [0.3, 0.4) is 0 Å². The van der Waals surface area contributed by atoms with E-state index in [1.807, 2.05) is 6.07 Å². The number of hydrazone groups is 1. The highest BCUT2D eigenvalue weighted by molar-refractivity contribution is 7.80. The Labute approximate surface area is 175 Å². The highest BCUT2D eigenvalue weighted by atomic mass is 32.1. The van der Waals surface area contributed by atoms with E-state index in [0.29, 0.717) is 11.3 Å². The van der Waals surface area contributed by atoms with E-state index in [0.717, 1.165) is 0 Å². The first-order valence-electron chi connectivity index (χ1n) is 9.45. The molecule has 0 aromatic heterocycles. The van der Waals surface area contributed by atoms with Gasteiger partial charge in [-0.05, 0) is 38.6 Å². The minimum Gasteiger partial charge on any atom is -0.466 e. The SMILES string of the molecule is CCOC(=O)C1C(=NNC(N)=S)CC(C)(O)C(C(=O)OCC)C1c1ccccc1. The number of hydrogen-bond acceptors (Lipinski definition) is 7. The topological polar surface area (TPSA) is 123 Å². The van der Waals surface area contributed by atoms with E-state index in [1.54, 1.807) is 38.1 Å². The Morgan fingerprint density at radius 2 is 1.83 bits per heavy atom. The van der Waals surface area contributed by atoms with Gasteiger partial charge in [0.15, 0.2) is 5.11 Å². The van der Waals surface area contributed by atoms with Crippen molar-refractivity contribution in [2.45, 2.75) is 38.7 Å². The molecular weight excluding hydrogens is 394 g/mol. The molecule has 1 aliphatic carbocycles. The van der Waals surface area contributed by atoms with Gasteiger partial charge in [-0.1, -0.05) is 30.3 Å². The van der Waals surface area contributed by atoms with E-state index >= 15 is 0 Å². The molecule has 1 aromatic rings. The Kier molecular flexibility index (Phi) is 7.69. The van der Waals surface area contributed by atoms with E-state index < -0.39 is 35.3 Å². The average molecular weight is 422 g/mol. The number of carbonyl (C=O) groups excluding carboxylic acids is 2. The van der Waals surface area contributed by atoms with Crippen molar-refractivity contribution in [1.29, 1.82) is 0 Å². The van der Waals surface area contributed by atoms with Gasteiger partial charge in [-0.3, -0.25) is 15.0 Å². The summed E-state index contributed by atoms with van der Waals surface area (Å²) in [7, 11) is 0. The number of thiocarbonyl (C=S) groups is 1. The number of carbonyl (C=O) groups is 2. The molecule has 0 amide bonds. The lowest BCUT2D eigenvalue weighted by Gasteiger charge is -2.45. The number of ether oxygens (including phenoxy) is 2. The number of hydrogen-bond donors (Lipinski definition) is 3. The van der Waals surface area contributed by atoms with E-state index in [-0.39, 0.29) is 24.7 Å². The largest absolute Gasteiger partial charge is 0.466 e. The quantitative estimate of drug-likeness (QED) is 0.358. The van der Waals surface area contributed by atoms with Crippen LogP contribution in [0.4, 0.5) is 0 Å². The molecule has 0 aliphatic heterocycles. The summed E-state index contributed by atoms with van der Waals surface area (Å²) in [5.74, 6) is -3.79. The first kappa shape index (κ1) is 22.8. The number of aliphatic hydroxyl groups is 1. The summed E-state index contributed by atoms with van der Waals surface area (Å²) >= 11 is 4.81. The van der Waals surface area contributed by atoms with Crippen molar-refractivity contribution in [2.24, 2.45) is 22.7 Å². The molecule has 1 saturated carbocycles. The number of nitrogens with one attached hydrogen (secondary N) is 1. The molecule has 0 radical (unpaired) electrons. The van der Waals surface area contributed by atoms with Crippen molar-refractivity contribution in [2.75, 3.05) is 13.2 Å². The van der Waals surface area contributed by atoms with Crippen LogP contribution in [0.25, 0.3) is 0 Å². The zero-order chi connectivity index (χ0) is 21.6. The lowest BCUT2D eigenvalue weighted by Crippen LogP contribution is -2.55. The molecule has 4 atom stereocenters. The van der Waals surface area contributed by atoms with Gasteiger partial charge in [-0.15, -0.1) is 0 Å². The standard InChI is InChI=1S/C20H27N3O5S/c1-4-27-17(24)15-13(22-23-19(21)29)11-20(3,26)16(18(25)28-5-2)14(15)12-9-7-6-8-10-12/h6-10,14-16,26H,4-5,11H2,1-3H3,(H3,21,23,29). The second-order valence-electron chi connectivity index (χ2n) is 7.01. The molecule has 1 aromatic carbocycles. The molecular formula is C20H27N3O5S. The predicted molar refractivity (Wildman–Crippen MR) is 112 cm³/mol. The minimum absolute atomic E-state index is 0.0566. The predicted octanol–water partition coefficient (Wildman–Crippen LogP) is 1.47. The monoisotopic (exact) mass is 421 g/mol. The van der Waals surface area contributed by atoms with Crippen LogP contribution in [0.5, 0.6) is 0 Å². The third kappa shape index (κ3) is 5.30. The van der Waals surface area contributed by atoms with Gasteiger partial charge in [0.1, 0.15) is 5.92 Å². The van der Waals surface area contributed by atoms with Gasteiger partial charge >= 0.3 is 11.9 Å². The van der Waals surface area contributed by atoms with Crippen LogP contribution in [0.15, 0.2) is 35.4 Å². The number of esters is 2. The highest BCUT2D eigenvalue weighted by Gasteiger charge is 2.56. The lowest BCUT2D eigenvalue weighted by molar-refractivity contribution is -0.163. The second kappa shape index (κ2) is 9.80. The summed E-state index contributed by atoms with van der Waals surface area (Å²) in [6.45, 7) is 5.23. The van der Waals surface area contributed by atoms with Crippen LogP contribution in [-0.2, 0) is 19.1 Å². The molecule has 0 heterocycles. The fourth-order valence-corrected chi connectivity index (χ4v) is 3.86. The molecule has 8 nitrogen and oxygen atoms in total. The van der Waals surface area contributed by atoms with Gasteiger partial charge in [-0.2, -0.15) is 5.10 Å². The maximum absolute atomic E-state index is 12.9. The van der Waals surface area contributed by atoms with Crippen molar-refractivity contribution in [3.8, 4) is 0 Å². The number of nitrogens with two attached hydrogens (primary N) is 1. The van der Waals surface area contributed by atoms with Gasteiger partial charge in [0.25, 0.3) is 0 Å². The van der Waals surface area contributed by atoms with E-state index in [4.69, 9.17) is 27.4 Å². The molecule has 0 bridgehead atoms. The third-order valence-corrected chi connectivity index (χ3v) is 4.95. The van der Waals surface area contributed by atoms with Crippen LogP contribution in [0.2, 0.25) is 0 Å². The number of benzene rings is 1. The van der Waals surface area contributed by atoms with Crippen molar-refractivity contribution < 1.29 is 24.2 Å². The fourth-order valence-electron chi connectivity index (χ4n) is 3.82. The average Bonchev–Trinajstić information content (AvgIpc) is 2.66. The van der Waals surface area contributed by atoms with Crippen LogP contribution < -0.4 is 11.2 Å². The van der Waals surface area contributed by atoms with E-state index in [1.165, 1.54) is 6.92 Å². The number of nitrogens with zero attached hydrogens (tertiary/aromatic N) is 1. The zero-order valence-electron chi connectivity index (χ0n) is 16.8. The second-order valence-corrected chi connectivity index (χ2v) is 7.45. The molecule has 2 rings (SSSR count). The molecule has 9 heteroatoms. The van der Waals surface area contributed by atoms with Crippen LogP contribution in [0.1, 0.15) is 38.7 Å². The van der Waals surface area contributed by atoms with Gasteiger partial charge < -0.3 is 20.3 Å². The van der Waals surface area contributed by atoms with Gasteiger partial charge in [0, 0.05) is 12.3 Å². The molecule has 29 heavy (non-hydrogen) atoms. The first-order valence-corrected chi connectivity index (χ1v) is 9.86. The van der Waals surface area contributed by atoms with E-state index in [9.17, 15) is 14.7 Å². The summed E-state index contributed by atoms with van der Waals surface area (Å²) in [6, 6.07) is 9.01. The molecule has 1 fully saturated rings. The minimum atomic E-state index is -1.52. The van der Waals surface area contributed by atoms with E-state index in [2.05, 4.69) is 10.5 Å². The van der Waals surface area contributed by atoms with Crippen LogP contribution >= 0.6 is 12.2 Å². The molecule has 0 saturated heterocycles. The first-order chi connectivity index (χ1) is 13.7. The maximum atomic E-state index is 12.9. The Morgan fingerprint density at radius 3 is 2.38 bits per heavy atom. The summed E-state index contributed by atoms with van der Waals surface area (Å²) in [5.41, 5.74) is 7.43. The Hall–Kier alpha value is -2.52. The van der Waals surface area contributed by atoms with Crippen molar-refractivity contribution in [1.82, 2.24) is 5.43 Å². The third-order valence-electron chi connectivity index (χ3n) is 4.86. The molecule has 4 N–H and O–H groups in total. The van der Waals surface area contributed by atoms with Crippen molar-refractivity contribution in [3.63, 3.8) is 0 Å². The Balaban J connectivity index is 2.67. The Bertz CT molecular complexity index is 782. The zero-order valence-corrected chi connectivity index (χ0v) is 17.6. The summed E-state index contributed by atoms with van der Waals surface area (Å²) in [4.78, 5) is 25.8. The normalized spacial score (nSPS) is 27.9. The van der Waals surface area contributed by atoms with Crippen molar-refractivity contribution in [3.05, 3.63) is 35.9 Å². The molecule has 158 valence electrons. The highest BCUT2D eigenvalue weighted by Crippen LogP contribution is 2.47. The fraction of sp³-hybridized carbons (Fsp3) is 0.500. The molecule has 1 aliphatic rings. The van der Waals surface area contributed by atoms with Crippen LogP contribution in [0, 0.1) is 11.8 Å². The van der Waals surface area contributed by atoms with Gasteiger partial charge in [0.05, 0.1) is 30.4 Å². The summed E-state index contributed by atoms with van der Waals surface area (Å²) in [5, 5.41) is 15.3. The van der Waals surface area contributed by atoms with Gasteiger partial charge in [0.2, 0.25) is 0 Å². The maximum Gasteiger partial charge on any atom is 0.315 e. The van der Waals surface area contributed by atoms with Gasteiger partial charge in [-0.25, -0.2) is 0 Å². The summed E-state index contributed by atoms with van der Waals surface area (Å²) < 4.78 is 10.5. The lowest BCUT2D eigenvalue weighted by atomic mass is 9.61. The number of rotatable bonds is 6. The summed E-state index contributed by atoms with van der Waals surface area (Å²) in [6.07, 6.45) is -0.0566. The molecule has 0 spiro atoms. The van der Waals surface area contributed by atoms with Crippen LogP contribution in [-0.4, -0.2) is 46.7 Å². The molecule has 4 unspecified atom stereocenters. The Morgan fingerprint density at radius 1 is 1.24 bits per heavy atom.